The normalized spacial score (nSPS) is 23.0. The highest BCUT2D eigenvalue weighted by atomic mass is 16.6. The molecule has 70 valence electrons. The van der Waals surface area contributed by atoms with Gasteiger partial charge in [0.1, 0.15) is 6.10 Å². The summed E-state index contributed by atoms with van der Waals surface area (Å²) in [6.07, 6.45) is 6.83. The van der Waals surface area contributed by atoms with E-state index in [-0.39, 0.29) is 12.2 Å². The molecule has 0 aromatic rings. The monoisotopic (exact) mass is 179 g/mol. The van der Waals surface area contributed by atoms with Crippen LogP contribution in [0, 0.1) is 0 Å². The standard InChI is InChI=1S/C10H13NO2/c1-3-5-6-8(4-2)9-7-11-10(12)13-9/h3-6,9H,2,7H2,1H3,(H,11,12)/b5-3-,8-6+/t9-/m1/s1. The molecule has 1 aliphatic heterocycles. The molecular formula is C10H13NO2. The van der Waals surface area contributed by atoms with Crippen molar-refractivity contribution in [2.45, 2.75) is 13.0 Å². The summed E-state index contributed by atoms with van der Waals surface area (Å²) in [5.41, 5.74) is 0.913. The molecule has 1 fully saturated rings. The summed E-state index contributed by atoms with van der Waals surface area (Å²) < 4.78 is 4.99. The van der Waals surface area contributed by atoms with Crippen LogP contribution < -0.4 is 5.32 Å². The van der Waals surface area contributed by atoms with Crippen LogP contribution in [0.2, 0.25) is 0 Å². The van der Waals surface area contributed by atoms with Crippen LogP contribution in [0.4, 0.5) is 4.79 Å². The van der Waals surface area contributed by atoms with Gasteiger partial charge in [-0.2, -0.15) is 0 Å². The fourth-order valence-electron chi connectivity index (χ4n) is 1.09. The predicted molar refractivity (Wildman–Crippen MR) is 51.4 cm³/mol. The number of hydrogen-bond acceptors (Lipinski definition) is 2. The summed E-state index contributed by atoms with van der Waals surface area (Å²) in [4.78, 5) is 10.7. The number of amides is 1. The molecule has 13 heavy (non-hydrogen) atoms. The van der Waals surface area contributed by atoms with Gasteiger partial charge in [-0.15, -0.1) is 0 Å². The molecule has 1 aliphatic rings. The third kappa shape index (κ3) is 2.47. The summed E-state index contributed by atoms with van der Waals surface area (Å²) >= 11 is 0. The Morgan fingerprint density at radius 3 is 3.00 bits per heavy atom. The SMILES string of the molecule is C=C/C(=C\C=C/C)[C@H]1CNC(=O)O1. The van der Waals surface area contributed by atoms with Gasteiger partial charge in [0.15, 0.2) is 0 Å². The minimum Gasteiger partial charge on any atom is -0.439 e. The first-order valence-corrected chi connectivity index (χ1v) is 4.17. The van der Waals surface area contributed by atoms with Gasteiger partial charge in [0.2, 0.25) is 0 Å². The average Bonchev–Trinajstić information content (AvgIpc) is 2.54. The fourth-order valence-corrected chi connectivity index (χ4v) is 1.09. The Hall–Kier alpha value is -1.51. The maximum Gasteiger partial charge on any atom is 0.407 e. The maximum absolute atomic E-state index is 10.7. The molecule has 0 aromatic heterocycles. The topological polar surface area (TPSA) is 38.3 Å². The first kappa shape index (κ1) is 9.58. The molecule has 0 spiro atoms. The van der Waals surface area contributed by atoms with E-state index in [0.29, 0.717) is 6.54 Å². The number of alkyl carbamates (subject to hydrolysis) is 1. The van der Waals surface area contributed by atoms with Gasteiger partial charge in [-0.1, -0.05) is 30.9 Å². The second kappa shape index (κ2) is 4.50. The number of allylic oxidation sites excluding steroid dienone is 3. The van der Waals surface area contributed by atoms with Gasteiger partial charge in [-0.05, 0) is 12.5 Å². The Bertz CT molecular complexity index is 266. The number of carbonyl (C=O) groups is 1. The third-order valence-corrected chi connectivity index (χ3v) is 1.77. The van der Waals surface area contributed by atoms with Gasteiger partial charge in [-0.25, -0.2) is 4.79 Å². The average molecular weight is 179 g/mol. The molecule has 1 saturated heterocycles. The molecule has 1 heterocycles. The Morgan fingerprint density at radius 1 is 1.77 bits per heavy atom. The molecule has 0 aromatic carbocycles. The van der Waals surface area contributed by atoms with Gasteiger partial charge in [0.25, 0.3) is 0 Å². The summed E-state index contributed by atoms with van der Waals surface area (Å²) in [5.74, 6) is 0. The van der Waals surface area contributed by atoms with Crippen LogP contribution in [0.15, 0.2) is 36.5 Å². The van der Waals surface area contributed by atoms with Crippen molar-refractivity contribution in [2.24, 2.45) is 0 Å². The molecule has 0 unspecified atom stereocenters. The van der Waals surface area contributed by atoms with Crippen LogP contribution in [0.25, 0.3) is 0 Å². The number of hydrogen-bond donors (Lipinski definition) is 1. The van der Waals surface area contributed by atoms with Crippen LogP contribution in [0.3, 0.4) is 0 Å². The van der Waals surface area contributed by atoms with E-state index in [4.69, 9.17) is 4.74 Å². The summed E-state index contributed by atoms with van der Waals surface area (Å²) in [7, 11) is 0. The Labute approximate surface area is 77.8 Å². The van der Waals surface area contributed by atoms with E-state index >= 15 is 0 Å². The molecule has 1 atom stereocenters. The second-order valence-electron chi connectivity index (χ2n) is 2.67. The molecule has 1 N–H and O–H groups in total. The van der Waals surface area contributed by atoms with Crippen molar-refractivity contribution in [1.29, 1.82) is 0 Å². The highest BCUT2D eigenvalue weighted by molar-refractivity contribution is 5.70. The Kier molecular flexibility index (Phi) is 3.31. The van der Waals surface area contributed by atoms with Gasteiger partial charge < -0.3 is 10.1 Å². The van der Waals surface area contributed by atoms with E-state index in [0.717, 1.165) is 5.57 Å². The van der Waals surface area contributed by atoms with E-state index in [1.807, 2.05) is 25.2 Å². The lowest BCUT2D eigenvalue weighted by Crippen LogP contribution is -2.15. The minimum atomic E-state index is -0.363. The van der Waals surface area contributed by atoms with E-state index in [1.54, 1.807) is 6.08 Å². The van der Waals surface area contributed by atoms with Crippen molar-refractivity contribution >= 4 is 6.09 Å². The van der Waals surface area contributed by atoms with Gasteiger partial charge >= 0.3 is 6.09 Å². The highest BCUT2D eigenvalue weighted by Gasteiger charge is 2.23. The number of ether oxygens (including phenoxy) is 1. The van der Waals surface area contributed by atoms with Crippen molar-refractivity contribution in [3.8, 4) is 0 Å². The molecule has 0 aliphatic carbocycles. The molecule has 0 bridgehead atoms. The van der Waals surface area contributed by atoms with Crippen molar-refractivity contribution in [2.75, 3.05) is 6.54 Å². The summed E-state index contributed by atoms with van der Waals surface area (Å²) in [5, 5.41) is 2.59. The smallest absolute Gasteiger partial charge is 0.407 e. The largest absolute Gasteiger partial charge is 0.439 e. The molecule has 0 saturated carbocycles. The van der Waals surface area contributed by atoms with E-state index in [9.17, 15) is 4.79 Å². The zero-order valence-electron chi connectivity index (χ0n) is 7.62. The number of rotatable bonds is 3. The molecular weight excluding hydrogens is 166 g/mol. The number of nitrogens with one attached hydrogen (secondary N) is 1. The minimum absolute atomic E-state index is 0.193. The molecule has 3 nitrogen and oxygen atoms in total. The van der Waals surface area contributed by atoms with Crippen LogP contribution in [-0.4, -0.2) is 18.7 Å². The second-order valence-corrected chi connectivity index (χ2v) is 2.67. The van der Waals surface area contributed by atoms with Crippen LogP contribution >= 0.6 is 0 Å². The summed E-state index contributed by atoms with van der Waals surface area (Å²) in [6, 6.07) is 0. The van der Waals surface area contributed by atoms with Gasteiger partial charge in [-0.3, -0.25) is 0 Å². The first-order chi connectivity index (χ1) is 6.27. The fraction of sp³-hybridized carbons (Fsp3) is 0.300. The summed E-state index contributed by atoms with van der Waals surface area (Å²) in [6.45, 7) is 6.11. The zero-order chi connectivity index (χ0) is 9.68. The maximum atomic E-state index is 10.7. The lowest BCUT2D eigenvalue weighted by Gasteiger charge is -2.07. The van der Waals surface area contributed by atoms with Crippen molar-refractivity contribution < 1.29 is 9.53 Å². The number of cyclic esters (lactones) is 1. The van der Waals surface area contributed by atoms with Crippen molar-refractivity contribution in [3.63, 3.8) is 0 Å². The zero-order valence-corrected chi connectivity index (χ0v) is 7.62. The van der Waals surface area contributed by atoms with Crippen LogP contribution in [-0.2, 0) is 4.74 Å². The highest BCUT2D eigenvalue weighted by Crippen LogP contribution is 2.12. The predicted octanol–water partition coefficient (Wildman–Crippen LogP) is 1.78. The van der Waals surface area contributed by atoms with E-state index in [1.165, 1.54) is 0 Å². The van der Waals surface area contributed by atoms with Crippen molar-refractivity contribution in [1.82, 2.24) is 5.32 Å². The Morgan fingerprint density at radius 2 is 2.54 bits per heavy atom. The molecule has 0 radical (unpaired) electrons. The Balaban J connectivity index is 2.67. The molecule has 3 heteroatoms. The van der Waals surface area contributed by atoms with E-state index < -0.39 is 0 Å². The quantitative estimate of drug-likeness (QED) is 0.671. The van der Waals surface area contributed by atoms with Crippen molar-refractivity contribution in [3.05, 3.63) is 36.5 Å². The third-order valence-electron chi connectivity index (χ3n) is 1.77. The van der Waals surface area contributed by atoms with Gasteiger partial charge in [0.05, 0.1) is 6.54 Å². The first-order valence-electron chi connectivity index (χ1n) is 4.17. The van der Waals surface area contributed by atoms with E-state index in [2.05, 4.69) is 11.9 Å². The lowest BCUT2D eigenvalue weighted by molar-refractivity contribution is 0.155. The molecule has 1 amide bonds. The number of carbonyl (C=O) groups excluding carboxylic acids is 1. The lowest BCUT2D eigenvalue weighted by atomic mass is 10.1. The van der Waals surface area contributed by atoms with Crippen LogP contribution in [0.1, 0.15) is 6.92 Å². The molecule has 1 rings (SSSR count). The van der Waals surface area contributed by atoms with Gasteiger partial charge in [0, 0.05) is 0 Å². The van der Waals surface area contributed by atoms with Crippen LogP contribution in [0.5, 0.6) is 0 Å².